The van der Waals surface area contributed by atoms with Gasteiger partial charge in [0.25, 0.3) is 0 Å². The van der Waals surface area contributed by atoms with Crippen molar-refractivity contribution in [3.63, 3.8) is 0 Å². The van der Waals surface area contributed by atoms with Crippen LogP contribution in [0.2, 0.25) is 0 Å². The lowest BCUT2D eigenvalue weighted by Crippen LogP contribution is -2.40. The molecule has 1 aliphatic heterocycles. The summed E-state index contributed by atoms with van der Waals surface area (Å²) in [7, 11) is 0. The van der Waals surface area contributed by atoms with Gasteiger partial charge in [0.15, 0.2) is 0 Å². The van der Waals surface area contributed by atoms with Gasteiger partial charge in [-0.2, -0.15) is 0 Å². The van der Waals surface area contributed by atoms with E-state index in [1.165, 1.54) is 12.1 Å². The molecule has 2 heterocycles. The third-order valence-electron chi connectivity index (χ3n) is 5.98. The molecule has 0 aliphatic carbocycles. The molecule has 4 rings (SSSR count). The minimum absolute atomic E-state index is 0.00785. The van der Waals surface area contributed by atoms with Gasteiger partial charge >= 0.3 is 0 Å². The lowest BCUT2D eigenvalue weighted by atomic mass is 10.1. The van der Waals surface area contributed by atoms with Crippen molar-refractivity contribution < 1.29 is 18.7 Å². The molecule has 0 N–H and O–H groups in total. The first kappa shape index (κ1) is 24.5. The Hall–Kier alpha value is -3.65. The number of hydrogen-bond donors (Lipinski definition) is 0. The van der Waals surface area contributed by atoms with E-state index in [9.17, 15) is 14.0 Å². The molecule has 1 aliphatic rings. The van der Waals surface area contributed by atoms with Crippen molar-refractivity contribution in [2.45, 2.75) is 32.0 Å². The summed E-state index contributed by atoms with van der Waals surface area (Å²) in [6, 6.07) is 16.2. The number of aromatic nitrogens is 2. The molecule has 0 radical (unpaired) electrons. The van der Waals surface area contributed by atoms with Crippen LogP contribution in [-0.2, 0) is 33.8 Å². The van der Waals surface area contributed by atoms with Crippen molar-refractivity contribution in [2.75, 3.05) is 26.2 Å². The number of ether oxygens (including phenoxy) is 1. The molecule has 7 nitrogen and oxygen atoms in total. The zero-order chi connectivity index (χ0) is 24.5. The van der Waals surface area contributed by atoms with E-state index in [-0.39, 0.29) is 43.3 Å². The fraction of sp³-hybridized carbons (Fsp3) is 0.333. The number of rotatable bonds is 9. The van der Waals surface area contributed by atoms with Gasteiger partial charge in [0, 0.05) is 44.6 Å². The number of halogens is 1. The smallest absolute Gasteiger partial charge is 0.242 e. The Morgan fingerprint density at radius 1 is 1.03 bits per heavy atom. The molecule has 0 unspecified atom stereocenters. The Morgan fingerprint density at radius 3 is 2.63 bits per heavy atom. The summed E-state index contributed by atoms with van der Waals surface area (Å²) in [5, 5.41) is 0. The molecule has 8 heteroatoms. The van der Waals surface area contributed by atoms with Crippen LogP contribution in [0.3, 0.4) is 0 Å². The highest BCUT2D eigenvalue weighted by Gasteiger charge is 2.30. The molecule has 0 bridgehead atoms. The van der Waals surface area contributed by atoms with Gasteiger partial charge in [-0.1, -0.05) is 42.5 Å². The Labute approximate surface area is 204 Å². The summed E-state index contributed by atoms with van der Waals surface area (Å²) in [6.07, 6.45) is 5.82. The van der Waals surface area contributed by atoms with E-state index in [0.29, 0.717) is 38.0 Å². The van der Waals surface area contributed by atoms with Crippen LogP contribution >= 0.6 is 0 Å². The normalized spacial score (nSPS) is 16.3. The highest BCUT2D eigenvalue weighted by Crippen LogP contribution is 2.15. The lowest BCUT2D eigenvalue weighted by Gasteiger charge is -2.25. The number of hydrogen-bond acceptors (Lipinski definition) is 5. The summed E-state index contributed by atoms with van der Waals surface area (Å²) >= 11 is 0. The average molecular weight is 477 g/mol. The minimum Gasteiger partial charge on any atom is -0.370 e. The van der Waals surface area contributed by atoms with Crippen molar-refractivity contribution in [3.8, 4) is 0 Å². The molecule has 1 aromatic heterocycles. The van der Waals surface area contributed by atoms with Gasteiger partial charge < -0.3 is 14.5 Å². The zero-order valence-electron chi connectivity index (χ0n) is 19.6. The summed E-state index contributed by atoms with van der Waals surface area (Å²) < 4.78 is 19.7. The van der Waals surface area contributed by atoms with Gasteiger partial charge in [-0.3, -0.25) is 19.6 Å². The van der Waals surface area contributed by atoms with Crippen LogP contribution in [0, 0.1) is 5.82 Å². The fourth-order valence-corrected chi connectivity index (χ4v) is 4.09. The Balaban J connectivity index is 1.43. The maximum Gasteiger partial charge on any atom is 0.242 e. The first-order valence-corrected chi connectivity index (χ1v) is 11.8. The maximum atomic E-state index is 13.6. The highest BCUT2D eigenvalue weighted by atomic mass is 19.1. The summed E-state index contributed by atoms with van der Waals surface area (Å²) in [6.45, 7) is 1.40. The van der Waals surface area contributed by atoms with Crippen LogP contribution in [0.5, 0.6) is 0 Å². The van der Waals surface area contributed by atoms with Gasteiger partial charge in [-0.25, -0.2) is 4.39 Å². The predicted molar refractivity (Wildman–Crippen MR) is 129 cm³/mol. The average Bonchev–Trinajstić information content (AvgIpc) is 3.04. The second-order valence-corrected chi connectivity index (χ2v) is 8.61. The number of carbonyl (C=O) groups excluding carboxylic acids is 2. The molecule has 1 saturated heterocycles. The number of aryl methyl sites for hydroxylation is 1. The summed E-state index contributed by atoms with van der Waals surface area (Å²) in [4.78, 5) is 37.7. The van der Waals surface area contributed by atoms with E-state index in [1.54, 1.807) is 40.5 Å². The van der Waals surface area contributed by atoms with E-state index in [4.69, 9.17) is 4.74 Å². The molecular weight excluding hydrogens is 447 g/mol. The second-order valence-electron chi connectivity index (χ2n) is 8.61. The van der Waals surface area contributed by atoms with Crippen molar-refractivity contribution in [2.24, 2.45) is 0 Å². The molecule has 2 amide bonds. The Kier molecular flexibility index (Phi) is 8.51. The number of benzene rings is 2. The van der Waals surface area contributed by atoms with Crippen molar-refractivity contribution >= 4 is 11.8 Å². The molecule has 2 aromatic carbocycles. The Bertz CT molecular complexity index is 1110. The van der Waals surface area contributed by atoms with E-state index >= 15 is 0 Å². The van der Waals surface area contributed by atoms with Crippen LogP contribution in [-0.4, -0.2) is 63.9 Å². The van der Waals surface area contributed by atoms with E-state index < -0.39 is 0 Å². The zero-order valence-corrected chi connectivity index (χ0v) is 19.6. The summed E-state index contributed by atoms with van der Waals surface area (Å²) in [5.74, 6) is -0.564. The topological polar surface area (TPSA) is 75.6 Å². The van der Waals surface area contributed by atoms with Crippen LogP contribution < -0.4 is 0 Å². The van der Waals surface area contributed by atoms with E-state index in [2.05, 4.69) is 9.97 Å². The molecule has 3 aromatic rings. The quantitative estimate of drug-likeness (QED) is 0.475. The van der Waals surface area contributed by atoms with Crippen LogP contribution in [0.25, 0.3) is 0 Å². The van der Waals surface area contributed by atoms with Crippen molar-refractivity contribution in [1.29, 1.82) is 0 Å². The number of carbonyl (C=O) groups is 2. The molecule has 0 spiro atoms. The Morgan fingerprint density at radius 2 is 1.86 bits per heavy atom. The van der Waals surface area contributed by atoms with E-state index in [0.717, 1.165) is 11.3 Å². The molecule has 1 fully saturated rings. The first-order chi connectivity index (χ1) is 17.1. The van der Waals surface area contributed by atoms with Crippen molar-refractivity contribution in [1.82, 2.24) is 19.8 Å². The van der Waals surface area contributed by atoms with Crippen LogP contribution in [0.15, 0.2) is 73.2 Å². The molecule has 1 atom stereocenters. The number of amides is 2. The molecule has 35 heavy (non-hydrogen) atoms. The van der Waals surface area contributed by atoms with Gasteiger partial charge in [0.1, 0.15) is 5.82 Å². The van der Waals surface area contributed by atoms with Crippen LogP contribution in [0.4, 0.5) is 4.39 Å². The van der Waals surface area contributed by atoms with Crippen molar-refractivity contribution in [3.05, 3.63) is 95.8 Å². The van der Waals surface area contributed by atoms with Gasteiger partial charge in [-0.15, -0.1) is 0 Å². The maximum absolute atomic E-state index is 13.6. The second kappa shape index (κ2) is 12.2. The van der Waals surface area contributed by atoms with Gasteiger partial charge in [0.05, 0.1) is 24.9 Å². The highest BCUT2D eigenvalue weighted by molar-refractivity contribution is 5.85. The molecule has 182 valence electrons. The van der Waals surface area contributed by atoms with Gasteiger partial charge in [0.2, 0.25) is 11.8 Å². The lowest BCUT2D eigenvalue weighted by molar-refractivity contribution is -0.138. The van der Waals surface area contributed by atoms with E-state index in [1.807, 2.05) is 30.3 Å². The van der Waals surface area contributed by atoms with Gasteiger partial charge in [-0.05, 0) is 36.1 Å². The predicted octanol–water partition coefficient (Wildman–Crippen LogP) is 3.05. The SMILES string of the molecule is O=C1CN(C(=O)CCc2cnccn2)C[C@@H](OCc2cccc(F)c2)CN1CCc1ccccc1. The minimum atomic E-state index is -0.388. The third-order valence-corrected chi connectivity index (χ3v) is 5.98. The first-order valence-electron chi connectivity index (χ1n) is 11.8. The summed E-state index contributed by atoms with van der Waals surface area (Å²) in [5.41, 5.74) is 2.57. The largest absolute Gasteiger partial charge is 0.370 e. The standard InChI is InChI=1S/C27H29FN4O3/c28-23-8-4-7-22(15-23)20-35-25-17-31(14-11-21-5-2-1-3-6-21)27(34)19-32(18-25)26(33)10-9-24-16-29-12-13-30-24/h1-8,12-13,15-16,25H,9-11,14,17-20H2/t25-/m0/s1. The third kappa shape index (κ3) is 7.42. The molecule has 0 saturated carbocycles. The van der Waals surface area contributed by atoms with Crippen LogP contribution in [0.1, 0.15) is 23.2 Å². The number of nitrogens with zero attached hydrogens (tertiary/aromatic N) is 4. The fourth-order valence-electron chi connectivity index (χ4n) is 4.09. The molecular formula is C27H29FN4O3. The monoisotopic (exact) mass is 476 g/mol.